The Morgan fingerprint density at radius 3 is 2.50 bits per heavy atom. The molecule has 1 aliphatic rings. The van der Waals surface area contributed by atoms with E-state index in [2.05, 4.69) is 0 Å². The quantitative estimate of drug-likeness (QED) is 0.647. The van der Waals surface area contributed by atoms with Crippen molar-refractivity contribution in [3.8, 4) is 0 Å². The van der Waals surface area contributed by atoms with E-state index in [9.17, 15) is 4.79 Å². The smallest absolute Gasteiger partial charge is 0.354 e. The summed E-state index contributed by atoms with van der Waals surface area (Å²) in [6, 6.07) is 0. The monoisotopic (exact) mass is 201 g/mol. The molecule has 1 fully saturated rings. The molecule has 0 aliphatic carbocycles. The van der Waals surface area contributed by atoms with Crippen molar-refractivity contribution in [2.45, 2.75) is 51.4 Å². The van der Waals surface area contributed by atoms with Gasteiger partial charge in [-0.15, -0.1) is 0 Å². The van der Waals surface area contributed by atoms with Crippen molar-refractivity contribution in [1.29, 1.82) is 0 Å². The summed E-state index contributed by atoms with van der Waals surface area (Å²) in [6.45, 7) is 5.99. The molecule has 0 amide bonds. The molecule has 0 radical (unpaired) electrons. The van der Waals surface area contributed by atoms with Gasteiger partial charge >= 0.3 is 5.97 Å². The van der Waals surface area contributed by atoms with E-state index < -0.39 is 17.3 Å². The van der Waals surface area contributed by atoms with Crippen LogP contribution in [0, 0.1) is 0 Å². The van der Waals surface area contributed by atoms with Crippen LogP contribution in [0.2, 0.25) is 0 Å². The maximum absolute atomic E-state index is 11.7. The first kappa shape index (κ1) is 11.5. The highest BCUT2D eigenvalue weighted by molar-refractivity contribution is 5.79. The summed E-state index contributed by atoms with van der Waals surface area (Å²) in [5.41, 5.74) is 4.09. The molecule has 14 heavy (non-hydrogen) atoms. The molecule has 0 saturated carbocycles. The summed E-state index contributed by atoms with van der Waals surface area (Å²) in [6.07, 6.45) is 2.42. The highest BCUT2D eigenvalue weighted by Gasteiger charge is 2.40. The maximum atomic E-state index is 11.7. The second-order valence-electron chi connectivity index (χ2n) is 4.70. The topological polar surface area (TPSA) is 61.5 Å². The van der Waals surface area contributed by atoms with Gasteiger partial charge in [0.15, 0.2) is 0 Å². The van der Waals surface area contributed by atoms with E-state index in [1.54, 1.807) is 0 Å². The fraction of sp³-hybridized carbons (Fsp3) is 0.900. The molecule has 0 aromatic rings. The summed E-state index contributed by atoms with van der Waals surface area (Å²) < 4.78 is 10.5. The van der Waals surface area contributed by atoms with Crippen molar-refractivity contribution < 1.29 is 14.3 Å². The molecule has 0 aromatic heterocycles. The van der Waals surface area contributed by atoms with E-state index in [1.165, 1.54) is 0 Å². The lowest BCUT2D eigenvalue weighted by Crippen LogP contribution is -2.54. The number of hydrogen-bond donors (Lipinski definition) is 1. The molecular formula is C10H19NO3. The van der Waals surface area contributed by atoms with Crippen LogP contribution in [-0.2, 0) is 14.3 Å². The summed E-state index contributed by atoms with van der Waals surface area (Å²) in [5.74, 6) is -0.454. The van der Waals surface area contributed by atoms with Crippen LogP contribution in [0.3, 0.4) is 0 Å². The van der Waals surface area contributed by atoms with Crippen molar-refractivity contribution in [1.82, 2.24) is 0 Å². The van der Waals surface area contributed by atoms with E-state index in [0.717, 1.165) is 12.8 Å². The fourth-order valence-corrected chi connectivity index (χ4v) is 1.34. The Morgan fingerprint density at radius 1 is 1.43 bits per heavy atom. The van der Waals surface area contributed by atoms with Crippen LogP contribution in [-0.4, -0.2) is 23.9 Å². The predicted octanol–water partition coefficient (Wildman–Crippen LogP) is 1.18. The first-order valence-electron chi connectivity index (χ1n) is 5.00. The minimum atomic E-state index is -1.22. The fourth-order valence-electron chi connectivity index (χ4n) is 1.34. The maximum Gasteiger partial charge on any atom is 0.354 e. The molecule has 1 rings (SSSR count). The minimum Gasteiger partial charge on any atom is -0.457 e. The lowest BCUT2D eigenvalue weighted by Gasteiger charge is -2.33. The van der Waals surface area contributed by atoms with Gasteiger partial charge in [0, 0.05) is 13.0 Å². The number of rotatable bonds is 1. The zero-order valence-electron chi connectivity index (χ0n) is 9.13. The lowest BCUT2D eigenvalue weighted by atomic mass is 10.0. The van der Waals surface area contributed by atoms with Crippen molar-refractivity contribution in [2.75, 3.05) is 6.61 Å². The van der Waals surface area contributed by atoms with Crippen LogP contribution >= 0.6 is 0 Å². The molecule has 0 aromatic carbocycles. The van der Waals surface area contributed by atoms with Gasteiger partial charge in [0.2, 0.25) is 5.72 Å². The minimum absolute atomic E-state index is 0.454. The lowest BCUT2D eigenvalue weighted by molar-refractivity contribution is -0.189. The van der Waals surface area contributed by atoms with Crippen molar-refractivity contribution in [3.63, 3.8) is 0 Å². The van der Waals surface area contributed by atoms with E-state index in [1.807, 2.05) is 20.8 Å². The molecule has 0 bridgehead atoms. The van der Waals surface area contributed by atoms with Gasteiger partial charge in [-0.1, -0.05) is 0 Å². The van der Waals surface area contributed by atoms with Crippen LogP contribution in [0.15, 0.2) is 0 Å². The van der Waals surface area contributed by atoms with Crippen LogP contribution in [0.5, 0.6) is 0 Å². The van der Waals surface area contributed by atoms with Gasteiger partial charge in [0.05, 0.1) is 0 Å². The molecular weight excluding hydrogens is 182 g/mol. The molecule has 1 atom stereocenters. The van der Waals surface area contributed by atoms with Gasteiger partial charge in [-0.3, -0.25) is 5.73 Å². The third-order valence-electron chi connectivity index (χ3n) is 2.05. The Balaban J connectivity index is 2.58. The van der Waals surface area contributed by atoms with Gasteiger partial charge < -0.3 is 9.47 Å². The first-order valence-corrected chi connectivity index (χ1v) is 5.00. The van der Waals surface area contributed by atoms with Crippen LogP contribution < -0.4 is 5.73 Å². The Morgan fingerprint density at radius 2 is 2.07 bits per heavy atom. The molecule has 4 nitrogen and oxygen atoms in total. The van der Waals surface area contributed by atoms with E-state index in [0.29, 0.717) is 13.0 Å². The Bertz CT molecular complexity index is 214. The molecule has 82 valence electrons. The van der Waals surface area contributed by atoms with Gasteiger partial charge in [0.1, 0.15) is 5.60 Å². The Kier molecular flexibility index (Phi) is 3.17. The summed E-state index contributed by atoms with van der Waals surface area (Å²) in [7, 11) is 0. The molecule has 4 heteroatoms. The molecule has 0 spiro atoms. The normalized spacial score (nSPS) is 28.6. The zero-order chi connectivity index (χ0) is 10.8. The predicted molar refractivity (Wildman–Crippen MR) is 52.6 cm³/mol. The average molecular weight is 201 g/mol. The number of ether oxygens (including phenoxy) is 2. The zero-order valence-corrected chi connectivity index (χ0v) is 9.13. The van der Waals surface area contributed by atoms with Crippen LogP contribution in [0.1, 0.15) is 40.0 Å². The third-order valence-corrected chi connectivity index (χ3v) is 2.05. The summed E-state index contributed by atoms with van der Waals surface area (Å²) >= 11 is 0. The molecule has 1 unspecified atom stereocenters. The Hall–Kier alpha value is -0.610. The van der Waals surface area contributed by atoms with Crippen LogP contribution in [0.25, 0.3) is 0 Å². The number of carbonyl (C=O) groups excluding carboxylic acids is 1. The second kappa shape index (κ2) is 3.87. The number of carbonyl (C=O) groups is 1. The van der Waals surface area contributed by atoms with Gasteiger partial charge in [0.25, 0.3) is 0 Å². The molecule has 1 heterocycles. The van der Waals surface area contributed by atoms with Gasteiger partial charge in [-0.05, 0) is 33.6 Å². The van der Waals surface area contributed by atoms with Crippen molar-refractivity contribution in [3.05, 3.63) is 0 Å². The molecule has 2 N–H and O–H groups in total. The number of hydrogen-bond acceptors (Lipinski definition) is 4. The highest BCUT2D eigenvalue weighted by Crippen LogP contribution is 2.23. The summed E-state index contributed by atoms with van der Waals surface area (Å²) in [5, 5.41) is 0. The van der Waals surface area contributed by atoms with E-state index in [-0.39, 0.29) is 0 Å². The first-order chi connectivity index (χ1) is 6.33. The van der Waals surface area contributed by atoms with Crippen molar-refractivity contribution >= 4 is 5.97 Å². The Labute approximate surface area is 84.7 Å². The highest BCUT2D eigenvalue weighted by atomic mass is 16.6. The standard InChI is InChI=1S/C10H19NO3/c1-9(2,3)14-8(12)10(11)6-4-5-7-13-10/h4-7,11H2,1-3H3. The number of esters is 1. The van der Waals surface area contributed by atoms with E-state index >= 15 is 0 Å². The van der Waals surface area contributed by atoms with Crippen LogP contribution in [0.4, 0.5) is 0 Å². The molecule has 1 saturated heterocycles. The molecule has 1 aliphatic heterocycles. The third kappa shape index (κ3) is 2.96. The van der Waals surface area contributed by atoms with Gasteiger partial charge in [-0.25, -0.2) is 4.79 Å². The van der Waals surface area contributed by atoms with E-state index in [4.69, 9.17) is 15.2 Å². The largest absolute Gasteiger partial charge is 0.457 e. The van der Waals surface area contributed by atoms with Gasteiger partial charge in [-0.2, -0.15) is 0 Å². The summed E-state index contributed by atoms with van der Waals surface area (Å²) in [4.78, 5) is 11.7. The second-order valence-corrected chi connectivity index (χ2v) is 4.70. The van der Waals surface area contributed by atoms with Crippen molar-refractivity contribution in [2.24, 2.45) is 5.73 Å². The average Bonchev–Trinajstić information content (AvgIpc) is 2.02. The number of nitrogens with two attached hydrogens (primary N) is 1. The SMILES string of the molecule is CC(C)(C)OC(=O)C1(N)CCCCO1.